The molecule has 0 saturated carbocycles. The van der Waals surface area contributed by atoms with Crippen molar-refractivity contribution in [1.82, 2.24) is 15.1 Å². The van der Waals surface area contributed by atoms with Gasteiger partial charge >= 0.3 is 0 Å². The molecule has 4 atom stereocenters. The first-order valence-corrected chi connectivity index (χ1v) is 9.48. The van der Waals surface area contributed by atoms with Crippen molar-refractivity contribution < 1.29 is 0 Å². The lowest BCUT2D eigenvalue weighted by molar-refractivity contribution is 0.508. The second kappa shape index (κ2) is 7.23. The van der Waals surface area contributed by atoms with Gasteiger partial charge in [-0.2, -0.15) is 28.6 Å². The summed E-state index contributed by atoms with van der Waals surface area (Å²) in [5.74, 6) is 1.24. The number of rotatable bonds is 5. The lowest BCUT2D eigenvalue weighted by Gasteiger charge is -2.35. The molecule has 1 aliphatic rings. The van der Waals surface area contributed by atoms with Crippen LogP contribution in [0.25, 0.3) is 0 Å². The van der Waals surface area contributed by atoms with Crippen molar-refractivity contribution in [2.24, 2.45) is 0 Å². The van der Waals surface area contributed by atoms with E-state index in [1.165, 1.54) is 11.4 Å². The fraction of sp³-hybridized carbons (Fsp3) is 0.800. The van der Waals surface area contributed by atoms with Crippen LogP contribution in [0.4, 0.5) is 0 Å². The van der Waals surface area contributed by atoms with Crippen LogP contribution in [0.1, 0.15) is 39.4 Å². The van der Waals surface area contributed by atoms with Gasteiger partial charge in [0.1, 0.15) is 0 Å². The first-order chi connectivity index (χ1) is 9.51. The minimum absolute atomic E-state index is 0.442. The average molecular weight is 314 g/mol. The average Bonchev–Trinajstić information content (AvgIpc) is 2.88. The molecule has 114 valence electrons. The van der Waals surface area contributed by atoms with Gasteiger partial charge in [-0.05, 0) is 27.0 Å². The van der Waals surface area contributed by atoms with E-state index >= 15 is 0 Å². The monoisotopic (exact) mass is 313 g/mol. The predicted molar refractivity (Wildman–Crippen MR) is 91.9 cm³/mol. The summed E-state index contributed by atoms with van der Waals surface area (Å²) < 4.78 is 2.05. The summed E-state index contributed by atoms with van der Waals surface area (Å²) in [6.45, 7) is 9.04. The second-order valence-corrected chi connectivity index (χ2v) is 8.93. The van der Waals surface area contributed by atoms with Crippen molar-refractivity contribution in [2.75, 3.05) is 12.8 Å². The van der Waals surface area contributed by atoms with Crippen LogP contribution in [0.5, 0.6) is 0 Å². The zero-order valence-corrected chi connectivity index (χ0v) is 14.8. The van der Waals surface area contributed by atoms with Crippen molar-refractivity contribution >= 4 is 23.5 Å². The van der Waals surface area contributed by atoms with Crippen LogP contribution in [-0.4, -0.2) is 44.4 Å². The lowest BCUT2D eigenvalue weighted by Crippen LogP contribution is -2.43. The maximum Gasteiger partial charge on any atom is 0.0640 e. The molecule has 1 aromatic heterocycles. The molecule has 0 spiro atoms. The largest absolute Gasteiger partial charge is 0.315 e. The summed E-state index contributed by atoms with van der Waals surface area (Å²) in [6.07, 6.45) is 3.12. The highest BCUT2D eigenvalue weighted by molar-refractivity contribution is 8.07. The number of nitrogens with one attached hydrogen (secondary N) is 1. The van der Waals surface area contributed by atoms with Crippen molar-refractivity contribution in [3.8, 4) is 0 Å². The molecule has 1 fully saturated rings. The van der Waals surface area contributed by atoms with Gasteiger partial charge in [-0.1, -0.05) is 13.8 Å². The molecule has 1 N–H and O–H groups in total. The summed E-state index contributed by atoms with van der Waals surface area (Å²) in [7, 11) is 2.08. The zero-order chi connectivity index (χ0) is 14.7. The van der Waals surface area contributed by atoms with Gasteiger partial charge in [-0.3, -0.25) is 4.68 Å². The minimum atomic E-state index is 0.442. The molecule has 0 radical (unpaired) electrons. The SMILES string of the molecule is CNC(Cc1ccn(C(C)C)n1)C1CSC(C)C(C)S1. The molecule has 1 aliphatic heterocycles. The maximum atomic E-state index is 4.69. The Kier molecular flexibility index (Phi) is 5.87. The van der Waals surface area contributed by atoms with Gasteiger partial charge in [0, 0.05) is 46.2 Å². The van der Waals surface area contributed by atoms with Gasteiger partial charge < -0.3 is 5.32 Å². The maximum absolute atomic E-state index is 4.69. The molecular weight excluding hydrogens is 286 g/mol. The molecule has 0 bridgehead atoms. The summed E-state index contributed by atoms with van der Waals surface area (Å²) >= 11 is 4.25. The quantitative estimate of drug-likeness (QED) is 0.904. The van der Waals surface area contributed by atoms with Crippen molar-refractivity contribution in [3.63, 3.8) is 0 Å². The normalized spacial score (nSPS) is 28.8. The number of nitrogens with zero attached hydrogens (tertiary/aromatic N) is 2. The standard InChI is InChI=1S/C15H27N3S2/c1-10(2)18-7-6-13(17-18)8-14(16-5)15-9-19-11(3)12(4)20-15/h6-7,10-12,14-16H,8-9H2,1-5H3. The van der Waals surface area contributed by atoms with E-state index in [-0.39, 0.29) is 0 Å². The van der Waals surface area contributed by atoms with E-state index in [0.29, 0.717) is 17.3 Å². The molecule has 1 saturated heterocycles. The summed E-state index contributed by atoms with van der Waals surface area (Å²) in [4.78, 5) is 0. The highest BCUT2D eigenvalue weighted by atomic mass is 32.2. The molecule has 3 nitrogen and oxygen atoms in total. The number of aromatic nitrogens is 2. The van der Waals surface area contributed by atoms with Crippen LogP contribution < -0.4 is 5.32 Å². The van der Waals surface area contributed by atoms with E-state index in [2.05, 4.69) is 85.6 Å². The molecule has 0 amide bonds. The molecule has 0 aromatic carbocycles. The molecule has 20 heavy (non-hydrogen) atoms. The van der Waals surface area contributed by atoms with Crippen LogP contribution in [0.3, 0.4) is 0 Å². The Hall–Kier alpha value is -0.130. The number of hydrogen-bond acceptors (Lipinski definition) is 4. The fourth-order valence-electron chi connectivity index (χ4n) is 2.44. The fourth-order valence-corrected chi connectivity index (χ4v) is 5.61. The Balaban J connectivity index is 1.97. The van der Waals surface area contributed by atoms with Gasteiger partial charge in [-0.15, -0.1) is 0 Å². The molecular formula is C15H27N3S2. The Morgan fingerprint density at radius 1 is 1.40 bits per heavy atom. The van der Waals surface area contributed by atoms with Gasteiger partial charge in [0.25, 0.3) is 0 Å². The Bertz CT molecular complexity index is 419. The van der Waals surface area contributed by atoms with Gasteiger partial charge in [0.15, 0.2) is 0 Å². The number of likely N-dealkylation sites (N-methyl/N-ethyl adjacent to an activating group) is 1. The van der Waals surface area contributed by atoms with Crippen LogP contribution in [0.15, 0.2) is 12.3 Å². The van der Waals surface area contributed by atoms with E-state index in [4.69, 9.17) is 0 Å². The van der Waals surface area contributed by atoms with E-state index in [0.717, 1.165) is 16.9 Å². The lowest BCUT2D eigenvalue weighted by atomic mass is 10.1. The predicted octanol–water partition coefficient (Wildman–Crippen LogP) is 3.22. The van der Waals surface area contributed by atoms with E-state index in [9.17, 15) is 0 Å². The third-order valence-electron chi connectivity index (χ3n) is 4.02. The van der Waals surface area contributed by atoms with Gasteiger partial charge in [0.05, 0.1) is 5.69 Å². The summed E-state index contributed by atoms with van der Waals surface area (Å²) in [5, 5.41) is 10.4. The van der Waals surface area contributed by atoms with Crippen molar-refractivity contribution in [2.45, 2.75) is 61.9 Å². The third kappa shape index (κ3) is 3.95. The van der Waals surface area contributed by atoms with Crippen molar-refractivity contribution in [1.29, 1.82) is 0 Å². The van der Waals surface area contributed by atoms with Gasteiger partial charge in [-0.25, -0.2) is 0 Å². The Labute approximate surface area is 131 Å². The molecule has 4 unspecified atom stereocenters. The van der Waals surface area contributed by atoms with Crippen LogP contribution >= 0.6 is 23.5 Å². The van der Waals surface area contributed by atoms with E-state index in [1.807, 2.05) is 0 Å². The smallest absolute Gasteiger partial charge is 0.0640 e. The molecule has 5 heteroatoms. The van der Waals surface area contributed by atoms with E-state index in [1.54, 1.807) is 0 Å². The molecule has 0 aliphatic carbocycles. The Morgan fingerprint density at radius 2 is 2.15 bits per heavy atom. The summed E-state index contributed by atoms with van der Waals surface area (Å²) in [5.41, 5.74) is 1.20. The first-order valence-electron chi connectivity index (χ1n) is 7.49. The topological polar surface area (TPSA) is 29.9 Å². The molecule has 1 aromatic rings. The zero-order valence-electron chi connectivity index (χ0n) is 13.2. The minimum Gasteiger partial charge on any atom is -0.315 e. The summed E-state index contributed by atoms with van der Waals surface area (Å²) in [6, 6.07) is 3.12. The molecule has 2 heterocycles. The number of hydrogen-bond donors (Lipinski definition) is 1. The van der Waals surface area contributed by atoms with Crippen molar-refractivity contribution in [3.05, 3.63) is 18.0 Å². The Morgan fingerprint density at radius 3 is 2.70 bits per heavy atom. The van der Waals surface area contributed by atoms with E-state index < -0.39 is 0 Å². The molecule has 2 rings (SSSR count). The van der Waals surface area contributed by atoms with Crippen LogP contribution in [-0.2, 0) is 6.42 Å². The van der Waals surface area contributed by atoms with Crippen LogP contribution in [0, 0.1) is 0 Å². The van der Waals surface area contributed by atoms with Crippen LogP contribution in [0.2, 0.25) is 0 Å². The first kappa shape index (κ1) is 16.2. The van der Waals surface area contributed by atoms with Gasteiger partial charge in [0.2, 0.25) is 0 Å². The third-order valence-corrected chi connectivity index (χ3v) is 7.57. The number of thioether (sulfide) groups is 2. The highest BCUT2D eigenvalue weighted by Gasteiger charge is 2.30. The second-order valence-electron chi connectivity index (χ2n) is 5.90. The highest BCUT2D eigenvalue weighted by Crippen LogP contribution is 2.37.